The molecule has 1 saturated heterocycles. The Morgan fingerprint density at radius 1 is 1.17 bits per heavy atom. The third kappa shape index (κ3) is 3.18. The molecule has 0 spiro atoms. The van der Waals surface area contributed by atoms with E-state index >= 15 is 0 Å². The SMILES string of the molecule is Cn1nc(CN2CCN(C3CC3)CC2)c2c(=O)c(O)c(-c3c(F)cccc3F)[nH]c21. The van der Waals surface area contributed by atoms with Gasteiger partial charge in [0.25, 0.3) is 0 Å². The summed E-state index contributed by atoms with van der Waals surface area (Å²) in [6.45, 7) is 4.24. The van der Waals surface area contributed by atoms with Gasteiger partial charge in [-0.05, 0) is 25.0 Å². The van der Waals surface area contributed by atoms with Crippen molar-refractivity contribution < 1.29 is 13.9 Å². The average Bonchev–Trinajstić information content (AvgIpc) is 3.51. The van der Waals surface area contributed by atoms with Gasteiger partial charge < -0.3 is 10.1 Å². The van der Waals surface area contributed by atoms with Gasteiger partial charge in [-0.25, -0.2) is 8.78 Å². The lowest BCUT2D eigenvalue weighted by atomic mass is 10.1. The lowest BCUT2D eigenvalue weighted by Crippen LogP contribution is -2.46. The zero-order chi connectivity index (χ0) is 21.0. The number of rotatable bonds is 4. The first kappa shape index (κ1) is 19.2. The Morgan fingerprint density at radius 2 is 1.83 bits per heavy atom. The summed E-state index contributed by atoms with van der Waals surface area (Å²) >= 11 is 0. The van der Waals surface area contributed by atoms with E-state index in [4.69, 9.17) is 0 Å². The van der Waals surface area contributed by atoms with Crippen LogP contribution < -0.4 is 5.43 Å². The number of fused-ring (bicyclic) bond motifs is 1. The van der Waals surface area contributed by atoms with E-state index in [1.165, 1.54) is 23.6 Å². The van der Waals surface area contributed by atoms with Gasteiger partial charge in [-0.3, -0.25) is 19.3 Å². The minimum Gasteiger partial charge on any atom is -0.503 e. The average molecular weight is 415 g/mol. The van der Waals surface area contributed by atoms with Crippen LogP contribution in [0, 0.1) is 11.6 Å². The molecule has 0 unspecified atom stereocenters. The quantitative estimate of drug-likeness (QED) is 0.683. The second kappa shape index (κ2) is 7.17. The van der Waals surface area contributed by atoms with Crippen molar-refractivity contribution in [3.63, 3.8) is 0 Å². The maximum Gasteiger partial charge on any atom is 0.235 e. The Morgan fingerprint density at radius 3 is 2.47 bits per heavy atom. The first-order valence-corrected chi connectivity index (χ1v) is 10.2. The van der Waals surface area contributed by atoms with Crippen molar-refractivity contribution >= 4 is 11.0 Å². The molecule has 3 heterocycles. The van der Waals surface area contributed by atoms with E-state index in [1.54, 1.807) is 7.05 Å². The predicted molar refractivity (Wildman–Crippen MR) is 108 cm³/mol. The van der Waals surface area contributed by atoms with Gasteiger partial charge in [-0.2, -0.15) is 5.10 Å². The zero-order valence-electron chi connectivity index (χ0n) is 16.7. The highest BCUT2D eigenvalue weighted by atomic mass is 19.1. The van der Waals surface area contributed by atoms with Crippen molar-refractivity contribution in [2.75, 3.05) is 26.2 Å². The van der Waals surface area contributed by atoms with Crippen LogP contribution in [0.4, 0.5) is 8.78 Å². The van der Waals surface area contributed by atoms with Crippen LogP contribution in [0.15, 0.2) is 23.0 Å². The summed E-state index contributed by atoms with van der Waals surface area (Å²) in [6.07, 6.45) is 2.56. The van der Waals surface area contributed by atoms with Gasteiger partial charge in [0.2, 0.25) is 5.43 Å². The van der Waals surface area contributed by atoms with E-state index in [0.717, 1.165) is 44.4 Å². The third-order valence-electron chi connectivity index (χ3n) is 6.10. The molecule has 158 valence electrons. The molecule has 0 radical (unpaired) electrons. The fourth-order valence-electron chi connectivity index (χ4n) is 4.34. The monoisotopic (exact) mass is 415 g/mol. The molecule has 9 heteroatoms. The molecule has 3 aromatic rings. The van der Waals surface area contributed by atoms with Crippen LogP contribution in [0.3, 0.4) is 0 Å². The molecular weight excluding hydrogens is 392 g/mol. The number of hydrogen-bond donors (Lipinski definition) is 2. The van der Waals surface area contributed by atoms with E-state index in [2.05, 4.69) is 19.9 Å². The summed E-state index contributed by atoms with van der Waals surface area (Å²) in [5.74, 6) is -2.44. The Kier molecular flexibility index (Phi) is 4.59. The number of nitrogens with one attached hydrogen (secondary N) is 1. The first-order valence-electron chi connectivity index (χ1n) is 10.2. The molecule has 1 saturated carbocycles. The molecule has 30 heavy (non-hydrogen) atoms. The lowest BCUT2D eigenvalue weighted by molar-refractivity contribution is 0.120. The smallest absolute Gasteiger partial charge is 0.235 e. The highest BCUT2D eigenvalue weighted by molar-refractivity contribution is 5.84. The van der Waals surface area contributed by atoms with Crippen LogP contribution in [0.1, 0.15) is 18.5 Å². The van der Waals surface area contributed by atoms with Gasteiger partial charge in [0.15, 0.2) is 5.75 Å². The van der Waals surface area contributed by atoms with E-state index in [0.29, 0.717) is 17.9 Å². The molecule has 5 rings (SSSR count). The number of hydrogen-bond acceptors (Lipinski definition) is 5. The van der Waals surface area contributed by atoms with Crippen LogP contribution in [-0.2, 0) is 13.6 Å². The van der Waals surface area contributed by atoms with Crippen LogP contribution >= 0.6 is 0 Å². The molecule has 1 aromatic carbocycles. The summed E-state index contributed by atoms with van der Waals surface area (Å²) in [4.78, 5) is 20.5. The molecule has 7 nitrogen and oxygen atoms in total. The molecule has 2 aliphatic rings. The lowest BCUT2D eigenvalue weighted by Gasteiger charge is -2.34. The predicted octanol–water partition coefficient (Wildman–Crippen LogP) is 2.19. The normalized spacial score (nSPS) is 18.4. The maximum atomic E-state index is 14.2. The summed E-state index contributed by atoms with van der Waals surface area (Å²) < 4.78 is 30.0. The highest BCUT2D eigenvalue weighted by Gasteiger charge is 2.31. The maximum absolute atomic E-state index is 14.2. The number of H-pyrrole nitrogens is 1. The van der Waals surface area contributed by atoms with Crippen LogP contribution in [-0.4, -0.2) is 61.9 Å². The number of aromatic hydroxyl groups is 1. The van der Waals surface area contributed by atoms with E-state index in [1.807, 2.05) is 0 Å². The standard InChI is InChI=1S/C21H23F2N5O2/c1-26-21-17(15(25-26)11-27-7-9-28(10-8-27)12-5-6-12)19(29)20(30)18(24-21)16-13(22)3-2-4-14(16)23/h2-4,12,30H,5-11H2,1H3,(H,24,29). The second-order valence-electron chi connectivity index (χ2n) is 8.11. The fraction of sp³-hybridized carbons (Fsp3) is 0.429. The number of pyridine rings is 1. The van der Waals surface area contributed by atoms with Gasteiger partial charge in [0.1, 0.15) is 17.3 Å². The minimum atomic E-state index is -0.865. The number of nitrogens with zero attached hydrogens (tertiary/aromatic N) is 4. The van der Waals surface area contributed by atoms with Crippen LogP contribution in [0.5, 0.6) is 5.75 Å². The molecule has 2 N–H and O–H groups in total. The third-order valence-corrected chi connectivity index (χ3v) is 6.10. The Balaban J connectivity index is 1.51. The number of aromatic amines is 1. The molecule has 2 fully saturated rings. The molecular formula is C21H23F2N5O2. The number of halogens is 2. The molecule has 0 bridgehead atoms. The topological polar surface area (TPSA) is 77.4 Å². The molecule has 1 aliphatic heterocycles. The Labute approximate surface area is 171 Å². The first-order chi connectivity index (χ1) is 14.4. The van der Waals surface area contributed by atoms with Crippen molar-refractivity contribution in [1.29, 1.82) is 0 Å². The summed E-state index contributed by atoms with van der Waals surface area (Å²) in [7, 11) is 1.66. The summed E-state index contributed by atoms with van der Waals surface area (Å²) in [5, 5.41) is 15.2. The fourth-order valence-corrected chi connectivity index (χ4v) is 4.34. The van der Waals surface area contributed by atoms with Gasteiger partial charge in [-0.15, -0.1) is 0 Å². The molecule has 1 aliphatic carbocycles. The molecule has 2 aromatic heterocycles. The number of piperazine rings is 1. The van der Waals surface area contributed by atoms with Crippen molar-refractivity contribution in [3.05, 3.63) is 45.8 Å². The Hall–Kier alpha value is -2.78. The number of aromatic nitrogens is 3. The van der Waals surface area contributed by atoms with E-state index < -0.39 is 28.4 Å². The molecule has 0 atom stereocenters. The second-order valence-corrected chi connectivity index (χ2v) is 8.11. The van der Waals surface area contributed by atoms with Crippen molar-refractivity contribution in [2.24, 2.45) is 7.05 Å². The van der Waals surface area contributed by atoms with Crippen LogP contribution in [0.25, 0.3) is 22.3 Å². The summed E-state index contributed by atoms with van der Waals surface area (Å²) in [6, 6.07) is 4.12. The van der Waals surface area contributed by atoms with Gasteiger partial charge in [0.05, 0.1) is 22.3 Å². The van der Waals surface area contributed by atoms with Crippen molar-refractivity contribution in [3.8, 4) is 17.0 Å². The summed E-state index contributed by atoms with van der Waals surface area (Å²) in [5.41, 5.74) is -0.559. The van der Waals surface area contributed by atoms with Crippen molar-refractivity contribution in [1.82, 2.24) is 24.6 Å². The minimum absolute atomic E-state index is 0.250. The van der Waals surface area contributed by atoms with Crippen molar-refractivity contribution in [2.45, 2.75) is 25.4 Å². The highest BCUT2D eigenvalue weighted by Crippen LogP contribution is 2.32. The van der Waals surface area contributed by atoms with Gasteiger partial charge in [0, 0.05) is 45.8 Å². The van der Waals surface area contributed by atoms with Crippen LogP contribution in [0.2, 0.25) is 0 Å². The molecule has 0 amide bonds. The van der Waals surface area contributed by atoms with E-state index in [9.17, 15) is 18.7 Å². The Bertz CT molecular complexity index is 1160. The largest absolute Gasteiger partial charge is 0.503 e. The van der Waals surface area contributed by atoms with Gasteiger partial charge in [-0.1, -0.05) is 6.07 Å². The zero-order valence-corrected chi connectivity index (χ0v) is 16.7. The van der Waals surface area contributed by atoms with E-state index in [-0.39, 0.29) is 11.1 Å². The van der Waals surface area contributed by atoms with Gasteiger partial charge >= 0.3 is 0 Å². The number of aryl methyl sites for hydroxylation is 1. The number of benzene rings is 1.